The minimum atomic E-state index is -1.10. The first-order valence-corrected chi connectivity index (χ1v) is 9.74. The van der Waals surface area contributed by atoms with Crippen LogP contribution in [0.4, 0.5) is 14.6 Å². The molecule has 1 amide bonds. The maximum Gasteiger partial charge on any atom is 0.272 e. The number of aliphatic hydroxyl groups excluding tert-OH is 1. The number of aliphatic imine (C=N–C) groups is 1. The van der Waals surface area contributed by atoms with Crippen molar-refractivity contribution >= 4 is 29.0 Å². The van der Waals surface area contributed by atoms with Crippen molar-refractivity contribution in [1.29, 1.82) is 0 Å². The molecule has 4 rings (SSSR count). The van der Waals surface area contributed by atoms with Crippen LogP contribution in [0.15, 0.2) is 23.6 Å². The van der Waals surface area contributed by atoms with Crippen LogP contribution in [-0.4, -0.2) is 61.9 Å². The summed E-state index contributed by atoms with van der Waals surface area (Å²) in [6, 6.07) is 0.694. The van der Waals surface area contributed by atoms with Crippen molar-refractivity contribution in [3.05, 3.63) is 46.4 Å². The molecule has 3 atom stereocenters. The predicted molar refractivity (Wildman–Crippen MR) is 105 cm³/mol. The van der Waals surface area contributed by atoms with Crippen molar-refractivity contribution in [1.82, 2.24) is 19.9 Å². The quantitative estimate of drug-likeness (QED) is 0.694. The van der Waals surface area contributed by atoms with Crippen LogP contribution in [0.2, 0.25) is 5.15 Å². The van der Waals surface area contributed by atoms with Gasteiger partial charge in [0.15, 0.2) is 0 Å². The Morgan fingerprint density at radius 2 is 2.17 bits per heavy atom. The topological polar surface area (TPSA) is 104 Å². The van der Waals surface area contributed by atoms with Gasteiger partial charge >= 0.3 is 0 Å². The lowest BCUT2D eigenvalue weighted by Gasteiger charge is -2.21. The first-order valence-electron chi connectivity index (χ1n) is 9.36. The Balaban J connectivity index is 1.56. The average molecular weight is 437 g/mol. The zero-order chi connectivity index (χ0) is 21.4. The van der Waals surface area contributed by atoms with Crippen molar-refractivity contribution in [2.24, 2.45) is 4.99 Å². The number of fused-ring (bicyclic) bond motifs is 1. The highest BCUT2D eigenvalue weighted by Crippen LogP contribution is 2.29. The molecule has 8 nitrogen and oxygen atoms in total. The summed E-state index contributed by atoms with van der Waals surface area (Å²) in [5, 5.41) is 13.2. The normalized spacial score (nSPS) is 22.6. The largest absolute Gasteiger partial charge is 0.391 e. The van der Waals surface area contributed by atoms with E-state index in [1.165, 1.54) is 24.3 Å². The second kappa shape index (κ2) is 8.19. The summed E-state index contributed by atoms with van der Waals surface area (Å²) >= 11 is 6.00. The Bertz CT molecular complexity index is 1020. The van der Waals surface area contributed by atoms with Crippen LogP contribution in [-0.2, 0) is 17.9 Å². The number of alkyl halides is 1. The van der Waals surface area contributed by atoms with Gasteiger partial charge < -0.3 is 15.3 Å². The van der Waals surface area contributed by atoms with Crippen LogP contribution in [0.5, 0.6) is 0 Å². The van der Waals surface area contributed by atoms with Crippen LogP contribution in [0, 0.1) is 5.82 Å². The third-order valence-electron chi connectivity index (χ3n) is 5.18. The van der Waals surface area contributed by atoms with E-state index in [2.05, 4.69) is 25.3 Å². The van der Waals surface area contributed by atoms with Gasteiger partial charge in [0.25, 0.3) is 5.91 Å². The van der Waals surface area contributed by atoms with Gasteiger partial charge in [0, 0.05) is 32.0 Å². The van der Waals surface area contributed by atoms with Crippen LogP contribution in [0.1, 0.15) is 29.7 Å². The Hall–Kier alpha value is -2.72. The number of rotatable bonds is 5. The second-order valence-corrected chi connectivity index (χ2v) is 7.72. The van der Waals surface area contributed by atoms with Gasteiger partial charge in [-0.3, -0.25) is 9.79 Å². The molecule has 0 unspecified atom stereocenters. The molecule has 1 fully saturated rings. The fraction of sp³-hybridized carbons (Fsp3) is 0.421. The maximum absolute atomic E-state index is 13.6. The molecule has 158 valence electrons. The number of aromatic nitrogens is 3. The van der Waals surface area contributed by atoms with E-state index in [0.29, 0.717) is 22.6 Å². The summed E-state index contributed by atoms with van der Waals surface area (Å²) in [5.41, 5.74) is 1.48. The van der Waals surface area contributed by atoms with E-state index in [4.69, 9.17) is 11.6 Å². The van der Waals surface area contributed by atoms with Crippen molar-refractivity contribution in [3.8, 4) is 0 Å². The van der Waals surface area contributed by atoms with Crippen LogP contribution in [0.3, 0.4) is 0 Å². The first-order chi connectivity index (χ1) is 14.3. The van der Waals surface area contributed by atoms with E-state index in [-0.39, 0.29) is 36.8 Å². The van der Waals surface area contributed by atoms with Crippen LogP contribution in [0.25, 0.3) is 0 Å². The summed E-state index contributed by atoms with van der Waals surface area (Å²) in [5.74, 6) is -0.663. The number of pyridine rings is 1. The summed E-state index contributed by atoms with van der Waals surface area (Å²) in [6.07, 6.45) is 0.577. The number of likely N-dealkylation sites (N-methyl/N-ethyl adjacent to an activating group) is 1. The molecule has 2 aromatic rings. The number of aliphatic hydroxyl groups is 1. The lowest BCUT2D eigenvalue weighted by Crippen LogP contribution is -2.34. The molecule has 1 aliphatic heterocycles. The number of carbonyl (C=O) groups is 1. The van der Waals surface area contributed by atoms with E-state index >= 15 is 0 Å². The molecule has 1 saturated carbocycles. The molecule has 0 aromatic carbocycles. The molecule has 11 heteroatoms. The molecule has 0 radical (unpaired) electrons. The van der Waals surface area contributed by atoms with E-state index < -0.39 is 30.0 Å². The average Bonchev–Trinajstić information content (AvgIpc) is 3.27. The van der Waals surface area contributed by atoms with E-state index in [0.717, 1.165) is 6.20 Å². The Kier molecular flexibility index (Phi) is 5.61. The van der Waals surface area contributed by atoms with Gasteiger partial charge in [0.1, 0.15) is 35.0 Å². The molecule has 2 N–H and O–H groups in total. The Labute approximate surface area is 176 Å². The van der Waals surface area contributed by atoms with Crippen LogP contribution < -0.4 is 5.32 Å². The van der Waals surface area contributed by atoms with E-state index in [1.54, 1.807) is 0 Å². The third-order valence-corrected chi connectivity index (χ3v) is 5.52. The van der Waals surface area contributed by atoms with Gasteiger partial charge in [0.05, 0.1) is 36.1 Å². The summed E-state index contributed by atoms with van der Waals surface area (Å²) in [7, 11) is 1.54. The van der Waals surface area contributed by atoms with Gasteiger partial charge in [-0.15, -0.1) is 0 Å². The van der Waals surface area contributed by atoms with Crippen molar-refractivity contribution < 1.29 is 18.7 Å². The minimum absolute atomic E-state index is 0.0259. The number of nitrogens with zero attached hydrogens (tertiary/aromatic N) is 5. The summed E-state index contributed by atoms with van der Waals surface area (Å²) in [6.45, 7) is 0.223. The molecule has 3 heterocycles. The summed E-state index contributed by atoms with van der Waals surface area (Å²) in [4.78, 5) is 30.8. The Morgan fingerprint density at radius 1 is 1.37 bits per heavy atom. The molecular weight excluding hydrogens is 418 g/mol. The SMILES string of the molecule is CN(Cc1cc(F)cnc1Cl)C(=O)C1=NCc2ncnc(N[C@@H]3C[C@@H](F)C[C@H]3O)c21. The highest BCUT2D eigenvalue weighted by atomic mass is 35.5. The first kappa shape index (κ1) is 20.5. The number of carbonyl (C=O) groups excluding carboxylic acids is 1. The smallest absolute Gasteiger partial charge is 0.272 e. The molecule has 0 bridgehead atoms. The maximum atomic E-state index is 13.6. The number of hydrogen-bond donors (Lipinski definition) is 2. The minimum Gasteiger partial charge on any atom is -0.391 e. The fourth-order valence-electron chi connectivity index (χ4n) is 3.68. The number of halogens is 3. The molecule has 2 aliphatic rings. The lowest BCUT2D eigenvalue weighted by atomic mass is 10.1. The monoisotopic (exact) mass is 436 g/mol. The molecule has 2 aromatic heterocycles. The highest BCUT2D eigenvalue weighted by molar-refractivity contribution is 6.47. The van der Waals surface area contributed by atoms with Crippen molar-refractivity contribution in [2.75, 3.05) is 12.4 Å². The lowest BCUT2D eigenvalue weighted by molar-refractivity contribution is -0.123. The molecule has 0 spiro atoms. The summed E-state index contributed by atoms with van der Waals surface area (Å²) < 4.78 is 27.1. The zero-order valence-electron chi connectivity index (χ0n) is 16.0. The molecule has 1 aliphatic carbocycles. The van der Waals surface area contributed by atoms with E-state index in [1.807, 2.05) is 0 Å². The highest BCUT2D eigenvalue weighted by Gasteiger charge is 2.36. The van der Waals surface area contributed by atoms with Gasteiger partial charge in [-0.05, 0) is 6.07 Å². The fourth-order valence-corrected chi connectivity index (χ4v) is 3.84. The standard InChI is InChI=1S/C19H19ClF2N6O2/c1-28(7-9-2-11(22)5-24-17(9)20)19(30)16-15-13(6-23-16)25-8-26-18(15)27-12-3-10(21)4-14(12)29/h2,5,8,10,12,14,29H,3-4,6-7H2,1H3,(H,25,26,27)/t10-,12-,14-/m1/s1. The number of anilines is 1. The van der Waals surface area contributed by atoms with Gasteiger partial charge in [-0.1, -0.05) is 11.6 Å². The van der Waals surface area contributed by atoms with E-state index in [9.17, 15) is 18.7 Å². The number of amides is 1. The third kappa shape index (κ3) is 3.97. The van der Waals surface area contributed by atoms with Gasteiger partial charge in [-0.25, -0.2) is 23.7 Å². The molecule has 30 heavy (non-hydrogen) atoms. The number of nitrogens with one attached hydrogen (secondary N) is 1. The predicted octanol–water partition coefficient (Wildman–Crippen LogP) is 1.90. The Morgan fingerprint density at radius 3 is 2.90 bits per heavy atom. The van der Waals surface area contributed by atoms with Crippen molar-refractivity contribution in [3.63, 3.8) is 0 Å². The van der Waals surface area contributed by atoms with Crippen LogP contribution >= 0.6 is 11.6 Å². The van der Waals surface area contributed by atoms with Gasteiger partial charge in [0.2, 0.25) is 0 Å². The second-order valence-electron chi connectivity index (χ2n) is 7.36. The number of hydrogen-bond acceptors (Lipinski definition) is 7. The molecule has 0 saturated heterocycles. The molecular formula is C19H19ClF2N6O2. The van der Waals surface area contributed by atoms with Gasteiger partial charge in [-0.2, -0.15) is 0 Å². The zero-order valence-corrected chi connectivity index (χ0v) is 16.8. The van der Waals surface area contributed by atoms with Crippen molar-refractivity contribution in [2.45, 2.75) is 44.2 Å².